The molecule has 0 aliphatic carbocycles. The van der Waals surface area contributed by atoms with Gasteiger partial charge >= 0.3 is 0 Å². The first kappa shape index (κ1) is 13.2. The van der Waals surface area contributed by atoms with Crippen LogP contribution < -0.4 is 5.73 Å². The van der Waals surface area contributed by atoms with E-state index >= 15 is 0 Å². The van der Waals surface area contributed by atoms with Gasteiger partial charge in [0.05, 0.1) is 16.8 Å². The van der Waals surface area contributed by atoms with Crippen molar-refractivity contribution in [1.29, 1.82) is 0 Å². The van der Waals surface area contributed by atoms with E-state index in [0.717, 1.165) is 6.42 Å². The monoisotopic (exact) mass is 268 g/mol. The van der Waals surface area contributed by atoms with Crippen LogP contribution in [-0.4, -0.2) is 36.6 Å². The molecule has 0 saturated carbocycles. The molecule has 1 atom stereocenters. The molecule has 1 aliphatic rings. The van der Waals surface area contributed by atoms with Crippen LogP contribution in [0, 0.1) is 0 Å². The Morgan fingerprint density at radius 2 is 2.33 bits per heavy atom. The number of nitrogens with zero attached hydrogens (tertiary/aromatic N) is 1. The van der Waals surface area contributed by atoms with Crippen molar-refractivity contribution >= 4 is 23.2 Å². The first-order valence-corrected chi connectivity index (χ1v) is 6.41. The van der Waals surface area contributed by atoms with E-state index in [9.17, 15) is 4.79 Å². The summed E-state index contributed by atoms with van der Waals surface area (Å²) in [5.41, 5.74) is 6.70. The van der Waals surface area contributed by atoms with Gasteiger partial charge in [-0.3, -0.25) is 4.79 Å². The zero-order valence-electron chi connectivity index (χ0n) is 10.4. The summed E-state index contributed by atoms with van der Waals surface area (Å²) in [6, 6.07) is 4.99. The molecule has 0 bridgehead atoms. The molecule has 1 saturated heterocycles. The quantitative estimate of drug-likeness (QED) is 0.794. The van der Waals surface area contributed by atoms with Crippen molar-refractivity contribution in [2.45, 2.75) is 19.4 Å². The second-order valence-corrected chi connectivity index (χ2v) is 4.93. The molecule has 1 heterocycles. The number of amides is 1. The number of hydrogen-bond donors (Lipinski definition) is 1. The Balaban J connectivity index is 2.16. The van der Waals surface area contributed by atoms with Crippen molar-refractivity contribution in [3.63, 3.8) is 0 Å². The minimum Gasteiger partial charge on any atom is -0.398 e. The summed E-state index contributed by atoms with van der Waals surface area (Å²) in [7, 11) is 0. The number of carbonyl (C=O) groups is 1. The smallest absolute Gasteiger partial charge is 0.253 e. The maximum Gasteiger partial charge on any atom is 0.253 e. The van der Waals surface area contributed by atoms with E-state index in [2.05, 4.69) is 0 Å². The molecule has 1 aromatic rings. The van der Waals surface area contributed by atoms with Crippen LogP contribution in [0.15, 0.2) is 18.2 Å². The Hall–Kier alpha value is -1.26. The lowest BCUT2D eigenvalue weighted by Crippen LogP contribution is -2.35. The Morgan fingerprint density at radius 3 is 3.06 bits per heavy atom. The molecular weight excluding hydrogens is 252 g/mol. The summed E-state index contributed by atoms with van der Waals surface area (Å²) in [6.07, 6.45) is 0.930. The zero-order valence-corrected chi connectivity index (χ0v) is 11.1. The van der Waals surface area contributed by atoms with Gasteiger partial charge in [-0.1, -0.05) is 11.6 Å². The van der Waals surface area contributed by atoms with Gasteiger partial charge in [0.15, 0.2) is 0 Å². The standard InChI is InChI=1S/C13H17ClN2O2/c1-9-8-16(5-2-6-18-9)13(17)10-3-4-12(15)11(14)7-10/h3-4,7,9H,2,5-6,8,15H2,1H3. The molecule has 1 aromatic carbocycles. The van der Waals surface area contributed by atoms with Crippen LogP contribution >= 0.6 is 11.6 Å². The summed E-state index contributed by atoms with van der Waals surface area (Å²) in [4.78, 5) is 14.1. The number of anilines is 1. The Labute approximate surface area is 112 Å². The van der Waals surface area contributed by atoms with Gasteiger partial charge in [0, 0.05) is 25.3 Å². The van der Waals surface area contributed by atoms with Crippen LogP contribution in [0.2, 0.25) is 5.02 Å². The molecule has 4 nitrogen and oxygen atoms in total. The van der Waals surface area contributed by atoms with Gasteiger partial charge in [-0.2, -0.15) is 0 Å². The van der Waals surface area contributed by atoms with Gasteiger partial charge < -0.3 is 15.4 Å². The summed E-state index contributed by atoms with van der Waals surface area (Å²) in [6.45, 7) is 4.00. The lowest BCUT2D eigenvalue weighted by molar-refractivity contribution is 0.0563. The molecule has 0 spiro atoms. The topological polar surface area (TPSA) is 55.6 Å². The number of rotatable bonds is 1. The van der Waals surface area contributed by atoms with Crippen LogP contribution in [0.3, 0.4) is 0 Å². The Morgan fingerprint density at radius 1 is 1.56 bits per heavy atom. The SMILES string of the molecule is CC1CN(C(=O)c2ccc(N)c(Cl)c2)CCCO1. The van der Waals surface area contributed by atoms with Gasteiger partial charge in [-0.15, -0.1) is 0 Å². The first-order chi connectivity index (χ1) is 8.58. The predicted molar refractivity (Wildman–Crippen MR) is 71.8 cm³/mol. The van der Waals surface area contributed by atoms with Crippen molar-refractivity contribution in [1.82, 2.24) is 4.90 Å². The number of nitrogen functional groups attached to an aromatic ring is 1. The van der Waals surface area contributed by atoms with Crippen LogP contribution in [-0.2, 0) is 4.74 Å². The Bertz CT molecular complexity index is 451. The van der Waals surface area contributed by atoms with E-state index in [4.69, 9.17) is 22.1 Å². The molecule has 5 heteroatoms. The van der Waals surface area contributed by atoms with Crippen molar-refractivity contribution < 1.29 is 9.53 Å². The fourth-order valence-electron chi connectivity index (χ4n) is 2.02. The largest absolute Gasteiger partial charge is 0.398 e. The van der Waals surface area contributed by atoms with Gasteiger partial charge in [-0.25, -0.2) is 0 Å². The van der Waals surface area contributed by atoms with Crippen LogP contribution in [0.5, 0.6) is 0 Å². The number of hydrogen-bond acceptors (Lipinski definition) is 3. The highest BCUT2D eigenvalue weighted by Crippen LogP contribution is 2.21. The van der Waals surface area contributed by atoms with Crippen molar-refractivity contribution in [3.05, 3.63) is 28.8 Å². The minimum absolute atomic E-state index is 0.0192. The summed E-state index contributed by atoms with van der Waals surface area (Å²) < 4.78 is 5.52. The maximum absolute atomic E-state index is 12.3. The van der Waals surface area contributed by atoms with Gasteiger partial charge in [0.2, 0.25) is 0 Å². The van der Waals surface area contributed by atoms with E-state index in [1.54, 1.807) is 23.1 Å². The van der Waals surface area contributed by atoms with E-state index < -0.39 is 0 Å². The average Bonchev–Trinajstić information content (AvgIpc) is 2.56. The number of halogens is 1. The summed E-state index contributed by atoms with van der Waals surface area (Å²) in [5.74, 6) is -0.0192. The van der Waals surface area contributed by atoms with E-state index in [1.165, 1.54) is 0 Å². The van der Waals surface area contributed by atoms with Crippen molar-refractivity contribution in [2.24, 2.45) is 0 Å². The second kappa shape index (κ2) is 5.59. The fraction of sp³-hybridized carbons (Fsp3) is 0.462. The van der Waals surface area contributed by atoms with Crippen LogP contribution in [0.4, 0.5) is 5.69 Å². The second-order valence-electron chi connectivity index (χ2n) is 4.52. The van der Waals surface area contributed by atoms with Crippen molar-refractivity contribution in [3.8, 4) is 0 Å². The molecule has 0 radical (unpaired) electrons. The van der Waals surface area contributed by atoms with Crippen LogP contribution in [0.1, 0.15) is 23.7 Å². The minimum atomic E-state index is -0.0192. The molecule has 1 unspecified atom stereocenters. The van der Waals surface area contributed by atoms with Gasteiger partial charge in [0.25, 0.3) is 5.91 Å². The van der Waals surface area contributed by atoms with Gasteiger partial charge in [-0.05, 0) is 31.5 Å². The molecule has 0 aromatic heterocycles. The molecule has 2 N–H and O–H groups in total. The number of ether oxygens (including phenoxy) is 1. The predicted octanol–water partition coefficient (Wildman–Crippen LogP) is 2.17. The molecule has 1 amide bonds. The van der Waals surface area contributed by atoms with E-state index in [1.807, 2.05) is 6.92 Å². The highest BCUT2D eigenvalue weighted by atomic mass is 35.5. The molecule has 18 heavy (non-hydrogen) atoms. The molecule has 98 valence electrons. The molecule has 2 rings (SSSR count). The molecule has 1 aliphatic heterocycles. The maximum atomic E-state index is 12.3. The average molecular weight is 269 g/mol. The summed E-state index contributed by atoms with van der Waals surface area (Å²) >= 11 is 5.94. The summed E-state index contributed by atoms with van der Waals surface area (Å²) in [5, 5.41) is 0.417. The Kier molecular flexibility index (Phi) is 4.09. The van der Waals surface area contributed by atoms with E-state index in [-0.39, 0.29) is 12.0 Å². The third-order valence-corrected chi connectivity index (χ3v) is 3.31. The number of carbonyl (C=O) groups excluding carboxylic acids is 1. The number of nitrogens with two attached hydrogens (primary N) is 1. The third kappa shape index (κ3) is 2.94. The van der Waals surface area contributed by atoms with Gasteiger partial charge in [0.1, 0.15) is 0 Å². The zero-order chi connectivity index (χ0) is 13.1. The number of benzene rings is 1. The lowest BCUT2D eigenvalue weighted by Gasteiger charge is -2.22. The molecule has 1 fully saturated rings. The normalized spacial score (nSPS) is 20.6. The third-order valence-electron chi connectivity index (χ3n) is 2.99. The highest BCUT2D eigenvalue weighted by molar-refractivity contribution is 6.33. The first-order valence-electron chi connectivity index (χ1n) is 6.04. The highest BCUT2D eigenvalue weighted by Gasteiger charge is 2.21. The molecular formula is C13H17ClN2O2. The van der Waals surface area contributed by atoms with E-state index in [0.29, 0.717) is 36.0 Å². The van der Waals surface area contributed by atoms with Crippen molar-refractivity contribution in [2.75, 3.05) is 25.4 Å². The fourth-order valence-corrected chi connectivity index (χ4v) is 2.20. The lowest BCUT2D eigenvalue weighted by atomic mass is 10.1. The van der Waals surface area contributed by atoms with Crippen LogP contribution in [0.25, 0.3) is 0 Å².